The highest BCUT2D eigenvalue weighted by atomic mass is 19.1. The lowest BCUT2D eigenvalue weighted by molar-refractivity contribution is -0.131. The van der Waals surface area contributed by atoms with Crippen molar-refractivity contribution in [3.8, 4) is 0 Å². The van der Waals surface area contributed by atoms with Crippen LogP contribution in [0.1, 0.15) is 25.1 Å². The minimum Gasteiger partial charge on any atom is -0.340 e. The van der Waals surface area contributed by atoms with Crippen LogP contribution in [0.3, 0.4) is 0 Å². The van der Waals surface area contributed by atoms with Crippen molar-refractivity contribution in [3.63, 3.8) is 0 Å². The summed E-state index contributed by atoms with van der Waals surface area (Å²) < 4.78 is 15.0. The van der Waals surface area contributed by atoms with Crippen molar-refractivity contribution in [1.82, 2.24) is 14.8 Å². The number of benzene rings is 1. The van der Waals surface area contributed by atoms with Crippen LogP contribution in [0.4, 0.5) is 20.6 Å². The fraction of sp³-hybridized carbons (Fsp3) is 0.381. The van der Waals surface area contributed by atoms with E-state index in [1.54, 1.807) is 42.3 Å². The lowest BCUT2D eigenvalue weighted by atomic mass is 10.1. The predicted octanol–water partition coefficient (Wildman–Crippen LogP) is 3.23. The molecule has 0 radical (unpaired) electrons. The summed E-state index contributed by atoms with van der Waals surface area (Å²) >= 11 is 0. The Bertz CT molecular complexity index is 887. The summed E-state index contributed by atoms with van der Waals surface area (Å²) in [5.74, 6) is -0.394. The maximum atomic E-state index is 15.0. The van der Waals surface area contributed by atoms with E-state index in [0.29, 0.717) is 37.4 Å². The van der Waals surface area contributed by atoms with Crippen molar-refractivity contribution in [2.45, 2.75) is 33.4 Å². The maximum absolute atomic E-state index is 15.0. The molecule has 1 aromatic carbocycles. The number of amides is 3. The molecular formula is C21H26FN5O2. The van der Waals surface area contributed by atoms with Crippen LogP contribution in [0, 0.1) is 12.7 Å². The molecule has 29 heavy (non-hydrogen) atoms. The van der Waals surface area contributed by atoms with Crippen molar-refractivity contribution >= 4 is 23.3 Å². The van der Waals surface area contributed by atoms with Gasteiger partial charge in [0.25, 0.3) is 0 Å². The van der Waals surface area contributed by atoms with Gasteiger partial charge in [0.2, 0.25) is 5.91 Å². The molecular weight excluding hydrogens is 373 g/mol. The minimum atomic E-state index is -0.532. The zero-order valence-electron chi connectivity index (χ0n) is 16.9. The van der Waals surface area contributed by atoms with Crippen LogP contribution in [-0.2, 0) is 11.3 Å². The molecule has 3 amide bonds. The lowest BCUT2D eigenvalue weighted by Gasteiger charge is -2.39. The van der Waals surface area contributed by atoms with E-state index in [-0.39, 0.29) is 17.6 Å². The average Bonchev–Trinajstić information content (AvgIpc) is 2.68. The number of urea groups is 1. The zero-order valence-corrected chi connectivity index (χ0v) is 16.9. The van der Waals surface area contributed by atoms with Crippen LogP contribution in [-0.4, -0.2) is 52.4 Å². The number of hydrogen-bond donors (Lipinski definition) is 2. The van der Waals surface area contributed by atoms with Gasteiger partial charge < -0.3 is 15.5 Å². The molecule has 1 aliphatic rings. The second kappa shape index (κ2) is 9.00. The van der Waals surface area contributed by atoms with Crippen molar-refractivity contribution in [3.05, 3.63) is 53.6 Å². The first-order valence-electron chi connectivity index (χ1n) is 9.61. The summed E-state index contributed by atoms with van der Waals surface area (Å²) in [6.07, 6.45) is 1.55. The molecule has 0 aliphatic carbocycles. The molecule has 1 atom stereocenters. The molecule has 7 nitrogen and oxygen atoms in total. The number of nitrogens with one attached hydrogen (secondary N) is 2. The summed E-state index contributed by atoms with van der Waals surface area (Å²) in [6, 6.07) is 8.07. The highest BCUT2D eigenvalue weighted by Crippen LogP contribution is 2.22. The van der Waals surface area contributed by atoms with E-state index in [0.717, 1.165) is 5.69 Å². The summed E-state index contributed by atoms with van der Waals surface area (Å²) in [4.78, 5) is 31.8. The molecule has 0 saturated carbocycles. The monoisotopic (exact) mass is 399 g/mol. The van der Waals surface area contributed by atoms with Gasteiger partial charge >= 0.3 is 6.03 Å². The van der Waals surface area contributed by atoms with Gasteiger partial charge in [0.05, 0.1) is 17.6 Å². The van der Waals surface area contributed by atoms with E-state index >= 15 is 0 Å². The van der Waals surface area contributed by atoms with Gasteiger partial charge in [-0.2, -0.15) is 0 Å². The van der Waals surface area contributed by atoms with Crippen LogP contribution in [0.15, 0.2) is 36.5 Å². The fourth-order valence-electron chi connectivity index (χ4n) is 3.36. The molecule has 0 spiro atoms. The van der Waals surface area contributed by atoms with Crippen molar-refractivity contribution in [2.75, 3.05) is 30.3 Å². The number of rotatable bonds is 4. The standard InChI is InChI=1S/C21H26FN5O2/c1-14-7-8-18(11-23-14)24-21(29)25-19-6-4-5-17(20(19)22)13-26-9-10-27(16(3)28)12-15(26)2/h4-8,11,15H,9-10,12-13H2,1-3H3,(H2,24,25,29)/t15-/m0/s1. The predicted molar refractivity (Wildman–Crippen MR) is 110 cm³/mol. The van der Waals surface area contributed by atoms with Crippen molar-refractivity contribution in [1.29, 1.82) is 0 Å². The molecule has 2 aromatic rings. The normalized spacial score (nSPS) is 17.1. The molecule has 0 unspecified atom stereocenters. The Kier molecular flexibility index (Phi) is 6.43. The van der Waals surface area contributed by atoms with Gasteiger partial charge in [0.15, 0.2) is 5.82 Å². The zero-order chi connectivity index (χ0) is 21.0. The van der Waals surface area contributed by atoms with Gasteiger partial charge in [-0.05, 0) is 32.0 Å². The van der Waals surface area contributed by atoms with Crippen LogP contribution in [0.25, 0.3) is 0 Å². The largest absolute Gasteiger partial charge is 0.340 e. The van der Waals surface area contributed by atoms with Gasteiger partial charge in [0.1, 0.15) is 0 Å². The Morgan fingerprint density at radius 3 is 2.66 bits per heavy atom. The first-order valence-corrected chi connectivity index (χ1v) is 9.61. The topological polar surface area (TPSA) is 77.6 Å². The Morgan fingerprint density at radius 2 is 2.00 bits per heavy atom. The quantitative estimate of drug-likeness (QED) is 0.828. The number of carbonyl (C=O) groups is 2. The molecule has 1 aromatic heterocycles. The number of aryl methyl sites for hydroxylation is 1. The number of carbonyl (C=O) groups excluding carboxylic acids is 2. The van der Waals surface area contributed by atoms with Gasteiger partial charge in [0, 0.05) is 50.4 Å². The number of nitrogens with zero attached hydrogens (tertiary/aromatic N) is 3. The highest BCUT2D eigenvalue weighted by molar-refractivity contribution is 5.99. The smallest absolute Gasteiger partial charge is 0.323 e. The molecule has 2 heterocycles. The molecule has 1 fully saturated rings. The van der Waals surface area contributed by atoms with E-state index in [2.05, 4.69) is 20.5 Å². The molecule has 154 valence electrons. The Morgan fingerprint density at radius 1 is 1.21 bits per heavy atom. The third kappa shape index (κ3) is 5.29. The molecule has 1 saturated heterocycles. The third-order valence-corrected chi connectivity index (χ3v) is 5.08. The van der Waals surface area contributed by atoms with E-state index < -0.39 is 11.8 Å². The Labute approximate surface area is 169 Å². The first-order chi connectivity index (χ1) is 13.8. The summed E-state index contributed by atoms with van der Waals surface area (Å²) in [5.41, 5.74) is 1.99. The van der Waals surface area contributed by atoms with Gasteiger partial charge in [-0.25, -0.2) is 9.18 Å². The molecule has 8 heteroatoms. The van der Waals surface area contributed by atoms with Gasteiger partial charge in [-0.3, -0.25) is 14.7 Å². The molecule has 2 N–H and O–H groups in total. The van der Waals surface area contributed by atoms with E-state index in [1.807, 2.05) is 13.8 Å². The number of halogens is 1. The van der Waals surface area contributed by atoms with Gasteiger partial charge in [-0.1, -0.05) is 12.1 Å². The van der Waals surface area contributed by atoms with Crippen molar-refractivity contribution in [2.24, 2.45) is 0 Å². The van der Waals surface area contributed by atoms with E-state index in [1.165, 1.54) is 6.07 Å². The summed E-state index contributed by atoms with van der Waals surface area (Å²) in [6.45, 7) is 7.79. The summed E-state index contributed by atoms with van der Waals surface area (Å²) in [5, 5.41) is 5.20. The summed E-state index contributed by atoms with van der Waals surface area (Å²) in [7, 11) is 0. The Balaban J connectivity index is 1.64. The third-order valence-electron chi connectivity index (χ3n) is 5.08. The maximum Gasteiger partial charge on any atom is 0.323 e. The fourth-order valence-corrected chi connectivity index (χ4v) is 3.36. The SMILES string of the molecule is CC(=O)N1CCN(Cc2cccc(NC(=O)Nc3ccc(C)nc3)c2F)[C@@H](C)C1. The second-order valence-corrected chi connectivity index (χ2v) is 7.33. The highest BCUT2D eigenvalue weighted by Gasteiger charge is 2.26. The van der Waals surface area contributed by atoms with Crippen LogP contribution < -0.4 is 10.6 Å². The van der Waals surface area contributed by atoms with Crippen molar-refractivity contribution < 1.29 is 14.0 Å². The van der Waals surface area contributed by atoms with E-state index in [4.69, 9.17) is 0 Å². The van der Waals surface area contributed by atoms with Crippen LogP contribution in [0.5, 0.6) is 0 Å². The Hall–Kier alpha value is -3.00. The number of piperazine rings is 1. The average molecular weight is 399 g/mol. The molecule has 1 aliphatic heterocycles. The number of hydrogen-bond acceptors (Lipinski definition) is 4. The number of aromatic nitrogens is 1. The van der Waals surface area contributed by atoms with Crippen LogP contribution >= 0.6 is 0 Å². The number of pyridine rings is 1. The second-order valence-electron chi connectivity index (χ2n) is 7.33. The molecule has 3 rings (SSSR count). The lowest BCUT2D eigenvalue weighted by Crippen LogP contribution is -2.52. The van der Waals surface area contributed by atoms with Crippen LogP contribution in [0.2, 0.25) is 0 Å². The number of anilines is 2. The van der Waals surface area contributed by atoms with Gasteiger partial charge in [-0.15, -0.1) is 0 Å². The molecule has 0 bridgehead atoms. The first kappa shape index (κ1) is 20.7. The minimum absolute atomic E-state index is 0.0590. The van der Waals surface area contributed by atoms with E-state index in [9.17, 15) is 14.0 Å².